The number of nitrogens with one attached hydrogen (secondary N) is 1. The number of carbonyl (C=O) groups excluding carboxylic acids is 3. The molecule has 1 N–H and O–H groups in total. The molecule has 8 heteroatoms. The molecule has 6 rings (SSSR count). The maximum atomic E-state index is 14.5. The maximum Gasteiger partial charge on any atom is 0.250 e. The Hall–Kier alpha value is -3.26. The van der Waals surface area contributed by atoms with Crippen molar-refractivity contribution in [1.82, 2.24) is 20.1 Å². The van der Waals surface area contributed by atoms with Crippen LogP contribution in [0.25, 0.3) is 0 Å². The van der Waals surface area contributed by atoms with Gasteiger partial charge in [-0.25, -0.2) is 0 Å². The second kappa shape index (κ2) is 9.80. The first-order valence-corrected chi connectivity index (χ1v) is 14.0. The van der Waals surface area contributed by atoms with E-state index in [2.05, 4.69) is 17.4 Å². The van der Waals surface area contributed by atoms with Gasteiger partial charge in [-0.15, -0.1) is 0 Å². The Balaban J connectivity index is 1.45. The summed E-state index contributed by atoms with van der Waals surface area (Å²) in [4.78, 5) is 51.0. The van der Waals surface area contributed by atoms with Crippen molar-refractivity contribution >= 4 is 17.7 Å². The lowest BCUT2D eigenvalue weighted by Crippen LogP contribution is -2.69. The van der Waals surface area contributed by atoms with Crippen molar-refractivity contribution < 1.29 is 19.1 Å². The fourth-order valence-electron chi connectivity index (χ4n) is 7.08. The van der Waals surface area contributed by atoms with Gasteiger partial charge in [0, 0.05) is 17.8 Å². The van der Waals surface area contributed by atoms with E-state index < -0.39 is 18.1 Å². The number of hydrogen-bond acceptors (Lipinski definition) is 5. The minimum atomic E-state index is -0.872. The van der Waals surface area contributed by atoms with E-state index in [9.17, 15) is 14.4 Å². The lowest BCUT2D eigenvalue weighted by Gasteiger charge is -2.50. The lowest BCUT2D eigenvalue weighted by atomic mass is 9.82. The molecule has 8 nitrogen and oxygen atoms in total. The third-order valence-electron chi connectivity index (χ3n) is 9.07. The highest BCUT2D eigenvalue weighted by Crippen LogP contribution is 2.43. The first-order chi connectivity index (χ1) is 18.4. The topological polar surface area (TPSA) is 91.8 Å². The van der Waals surface area contributed by atoms with Gasteiger partial charge in [-0.2, -0.15) is 0 Å². The van der Waals surface area contributed by atoms with Crippen LogP contribution in [0.1, 0.15) is 66.9 Å². The van der Waals surface area contributed by atoms with Crippen molar-refractivity contribution in [2.75, 3.05) is 19.8 Å². The summed E-state index contributed by atoms with van der Waals surface area (Å²) in [5.74, 6) is -0.547. The highest BCUT2D eigenvalue weighted by molar-refractivity contribution is 6.01. The number of fused-ring (bicyclic) bond motifs is 4. The number of aryl methyl sites for hydroxylation is 1. The lowest BCUT2D eigenvalue weighted by molar-refractivity contribution is -0.166. The highest BCUT2D eigenvalue weighted by Gasteiger charge is 2.54. The summed E-state index contributed by atoms with van der Waals surface area (Å²) in [7, 11) is 0. The van der Waals surface area contributed by atoms with Gasteiger partial charge in [-0.05, 0) is 48.8 Å². The fraction of sp³-hybridized carbons (Fsp3) is 0.533. The quantitative estimate of drug-likeness (QED) is 0.660. The number of piperazine rings is 1. The number of benzene rings is 1. The highest BCUT2D eigenvalue weighted by atomic mass is 16.5. The number of morpholine rings is 1. The zero-order valence-corrected chi connectivity index (χ0v) is 22.4. The molecular weight excluding hydrogens is 480 g/mol. The fourth-order valence-corrected chi connectivity index (χ4v) is 7.08. The molecule has 1 aromatic heterocycles. The Morgan fingerprint density at radius 3 is 2.42 bits per heavy atom. The first-order valence-electron chi connectivity index (χ1n) is 14.0. The summed E-state index contributed by atoms with van der Waals surface area (Å²) in [6.45, 7) is 7.30. The Bertz CT molecular complexity index is 1250. The van der Waals surface area contributed by atoms with Crippen molar-refractivity contribution in [1.29, 1.82) is 0 Å². The standard InChI is InChI=1S/C30H36N4O4/c1-4-18(5-2)26-28(35)32-24(21-14-19-8-6-7-9-20(19)15-21)29(36)34(26)27-22-11-10-17(3)31-25(22)23-16-38-13-12-33(23)30(27)37/h6-11,18,21,23-24,26-27H,4-5,12-16H2,1-3H3,(H,32,35)/t23?,24-,26-,27-/m1/s1. The van der Waals surface area contributed by atoms with Crippen LogP contribution in [0.2, 0.25) is 0 Å². The second-order valence-electron chi connectivity index (χ2n) is 11.1. The van der Waals surface area contributed by atoms with Crippen molar-refractivity contribution in [2.24, 2.45) is 11.8 Å². The van der Waals surface area contributed by atoms with Crippen molar-refractivity contribution in [3.63, 3.8) is 0 Å². The summed E-state index contributed by atoms with van der Waals surface area (Å²) in [6, 6.07) is 9.53. The van der Waals surface area contributed by atoms with Crippen LogP contribution in [0.3, 0.4) is 0 Å². The third-order valence-corrected chi connectivity index (χ3v) is 9.07. The predicted octanol–water partition coefficient (Wildman–Crippen LogP) is 2.89. The van der Waals surface area contributed by atoms with Gasteiger partial charge in [-0.3, -0.25) is 19.4 Å². The van der Waals surface area contributed by atoms with Gasteiger partial charge >= 0.3 is 0 Å². The van der Waals surface area contributed by atoms with Crippen molar-refractivity contribution in [3.8, 4) is 0 Å². The largest absolute Gasteiger partial charge is 0.377 e. The average Bonchev–Trinajstić information content (AvgIpc) is 3.36. The number of ether oxygens (including phenoxy) is 1. The summed E-state index contributed by atoms with van der Waals surface area (Å²) in [6.07, 6.45) is 2.94. The normalized spacial score (nSPS) is 27.3. The summed E-state index contributed by atoms with van der Waals surface area (Å²) in [5.41, 5.74) is 4.80. The molecule has 1 aliphatic carbocycles. The van der Waals surface area contributed by atoms with Gasteiger partial charge in [0.15, 0.2) is 0 Å². The molecule has 3 amide bonds. The zero-order chi connectivity index (χ0) is 26.6. The number of hydrogen-bond donors (Lipinski definition) is 1. The molecule has 0 saturated carbocycles. The number of nitrogens with zero attached hydrogens (tertiary/aromatic N) is 3. The van der Waals surface area contributed by atoms with Crippen LogP contribution in [0, 0.1) is 18.8 Å². The van der Waals surface area contributed by atoms with Gasteiger partial charge in [0.25, 0.3) is 5.91 Å². The Morgan fingerprint density at radius 1 is 1.03 bits per heavy atom. The molecule has 0 spiro atoms. The molecule has 4 heterocycles. The van der Waals surface area contributed by atoms with Crippen LogP contribution in [0.5, 0.6) is 0 Å². The van der Waals surface area contributed by atoms with E-state index >= 15 is 0 Å². The minimum absolute atomic E-state index is 0.0422. The molecule has 1 unspecified atom stereocenters. The SMILES string of the molecule is CCC(CC)[C@@H]1C(=O)N[C@H](C2Cc3ccccc3C2)C(=O)N1[C@H]1C(=O)N2CCOCC2c2nc(C)ccc21. The molecule has 2 saturated heterocycles. The number of carbonyl (C=O) groups is 3. The molecule has 4 atom stereocenters. The first kappa shape index (κ1) is 25.0. The van der Waals surface area contributed by atoms with E-state index in [0.717, 1.165) is 42.6 Å². The van der Waals surface area contributed by atoms with Gasteiger partial charge in [0.05, 0.1) is 24.9 Å². The Labute approximate surface area is 223 Å². The predicted molar refractivity (Wildman–Crippen MR) is 141 cm³/mol. The van der Waals surface area contributed by atoms with E-state index in [1.807, 2.05) is 49.9 Å². The molecular formula is C30H36N4O4. The molecule has 2 fully saturated rings. The number of pyridine rings is 1. The Kier molecular flexibility index (Phi) is 6.46. The molecule has 1 aromatic carbocycles. The summed E-state index contributed by atoms with van der Waals surface area (Å²) in [5, 5.41) is 3.12. The van der Waals surface area contributed by atoms with Crippen LogP contribution >= 0.6 is 0 Å². The van der Waals surface area contributed by atoms with Gasteiger partial charge < -0.3 is 19.9 Å². The summed E-state index contributed by atoms with van der Waals surface area (Å²) >= 11 is 0. The van der Waals surface area contributed by atoms with Gasteiger partial charge in [-0.1, -0.05) is 57.0 Å². The molecule has 38 heavy (non-hydrogen) atoms. The maximum absolute atomic E-state index is 14.5. The molecule has 0 radical (unpaired) electrons. The van der Waals surface area contributed by atoms with E-state index in [0.29, 0.717) is 19.8 Å². The molecule has 2 aromatic rings. The molecule has 4 aliphatic rings. The van der Waals surface area contributed by atoms with Crippen LogP contribution in [0.4, 0.5) is 0 Å². The number of amides is 3. The van der Waals surface area contributed by atoms with Crippen molar-refractivity contribution in [2.45, 2.75) is 70.6 Å². The van der Waals surface area contributed by atoms with Gasteiger partial charge in [0.1, 0.15) is 18.1 Å². The van der Waals surface area contributed by atoms with E-state index in [4.69, 9.17) is 9.72 Å². The average molecular weight is 517 g/mol. The van der Waals surface area contributed by atoms with Gasteiger partial charge in [0.2, 0.25) is 11.8 Å². The molecule has 3 aliphatic heterocycles. The van der Waals surface area contributed by atoms with Crippen LogP contribution < -0.4 is 5.32 Å². The third kappa shape index (κ3) is 3.92. The second-order valence-corrected chi connectivity index (χ2v) is 11.1. The Morgan fingerprint density at radius 2 is 1.74 bits per heavy atom. The smallest absolute Gasteiger partial charge is 0.250 e. The molecule has 200 valence electrons. The van der Waals surface area contributed by atoms with Crippen LogP contribution in [-0.4, -0.2) is 64.3 Å². The summed E-state index contributed by atoms with van der Waals surface area (Å²) < 4.78 is 5.73. The van der Waals surface area contributed by atoms with E-state index in [-0.39, 0.29) is 35.6 Å². The zero-order valence-electron chi connectivity index (χ0n) is 22.4. The monoisotopic (exact) mass is 516 g/mol. The van der Waals surface area contributed by atoms with Crippen LogP contribution in [0.15, 0.2) is 36.4 Å². The van der Waals surface area contributed by atoms with E-state index in [1.165, 1.54) is 11.1 Å². The number of rotatable bonds is 5. The molecule has 0 bridgehead atoms. The number of aromatic nitrogens is 1. The van der Waals surface area contributed by atoms with Crippen molar-refractivity contribution in [3.05, 3.63) is 64.5 Å². The minimum Gasteiger partial charge on any atom is -0.377 e. The van der Waals surface area contributed by atoms with Crippen LogP contribution in [-0.2, 0) is 32.0 Å². The van der Waals surface area contributed by atoms with E-state index in [1.54, 1.807) is 4.90 Å².